The highest BCUT2D eigenvalue weighted by atomic mass is 19.3. The number of halogens is 2. The Morgan fingerprint density at radius 3 is 2.11 bits per heavy atom. The second-order valence-corrected chi connectivity index (χ2v) is 8.82. The summed E-state index contributed by atoms with van der Waals surface area (Å²) in [4.78, 5) is 3.82. The fourth-order valence-electron chi connectivity index (χ4n) is 3.96. The topological polar surface area (TPSA) is 67.9 Å². The number of hydrogen-bond acceptors (Lipinski definition) is 6. The van der Waals surface area contributed by atoms with E-state index >= 15 is 0 Å². The maximum absolute atomic E-state index is 13.0. The van der Waals surface area contributed by atoms with Gasteiger partial charge >= 0.3 is 0 Å². The highest BCUT2D eigenvalue weighted by molar-refractivity contribution is 5.40. The zero-order valence-corrected chi connectivity index (χ0v) is 16.7. The molecule has 10 heteroatoms. The molecule has 2 aromatic rings. The van der Waals surface area contributed by atoms with Crippen molar-refractivity contribution in [2.45, 2.75) is 46.2 Å². The average molecular weight is 394 g/mol. The van der Waals surface area contributed by atoms with Gasteiger partial charge in [0.15, 0.2) is 11.6 Å². The van der Waals surface area contributed by atoms with Gasteiger partial charge < -0.3 is 9.80 Å². The van der Waals surface area contributed by atoms with Crippen LogP contribution < -0.4 is 9.80 Å². The minimum absolute atomic E-state index is 0.263. The second-order valence-electron chi connectivity index (χ2n) is 8.82. The van der Waals surface area contributed by atoms with E-state index < -0.39 is 5.92 Å². The molecule has 28 heavy (non-hydrogen) atoms. The van der Waals surface area contributed by atoms with Crippen LogP contribution in [0.15, 0.2) is 12.4 Å². The molecule has 0 amide bonds. The molecule has 2 aromatic heterocycles. The van der Waals surface area contributed by atoms with E-state index in [2.05, 4.69) is 46.3 Å². The van der Waals surface area contributed by atoms with Crippen LogP contribution in [0.1, 0.15) is 27.2 Å². The first-order chi connectivity index (χ1) is 13.3. The highest BCUT2D eigenvalue weighted by Gasteiger charge is 2.45. The van der Waals surface area contributed by atoms with Crippen molar-refractivity contribution in [3.05, 3.63) is 12.4 Å². The Labute approximate surface area is 163 Å². The molecule has 0 radical (unpaired) electrons. The van der Waals surface area contributed by atoms with Crippen LogP contribution in [0.2, 0.25) is 0 Å². The first kappa shape index (κ1) is 19.1. The van der Waals surface area contributed by atoms with Gasteiger partial charge in [0, 0.05) is 26.2 Å². The van der Waals surface area contributed by atoms with Gasteiger partial charge in [-0.3, -0.25) is 9.36 Å². The van der Waals surface area contributed by atoms with Crippen LogP contribution in [-0.2, 0) is 13.1 Å². The van der Waals surface area contributed by atoms with E-state index in [0.717, 1.165) is 38.4 Å². The van der Waals surface area contributed by atoms with E-state index in [1.54, 1.807) is 15.8 Å². The van der Waals surface area contributed by atoms with Crippen LogP contribution in [-0.4, -0.2) is 62.1 Å². The molecule has 0 N–H and O–H groups in total. The summed E-state index contributed by atoms with van der Waals surface area (Å²) in [6.45, 7) is 9.63. The van der Waals surface area contributed by atoms with Crippen molar-refractivity contribution in [1.82, 2.24) is 30.0 Å². The molecule has 2 aliphatic heterocycles. The van der Waals surface area contributed by atoms with Gasteiger partial charge in [0.2, 0.25) is 0 Å². The van der Waals surface area contributed by atoms with Crippen LogP contribution in [0.4, 0.5) is 20.4 Å². The van der Waals surface area contributed by atoms with E-state index in [1.165, 1.54) is 0 Å². The molecule has 154 valence electrons. The van der Waals surface area contributed by atoms with E-state index in [9.17, 15) is 8.78 Å². The normalized spacial score (nSPS) is 20.4. The molecule has 0 aliphatic carbocycles. The Balaban J connectivity index is 1.20. The molecular formula is C18H28F2N8. The molecule has 4 rings (SSSR count). The Morgan fingerprint density at radius 2 is 1.54 bits per heavy atom. The van der Waals surface area contributed by atoms with E-state index in [4.69, 9.17) is 0 Å². The molecule has 1 unspecified atom stereocenters. The quantitative estimate of drug-likeness (QED) is 0.683. The van der Waals surface area contributed by atoms with Gasteiger partial charge in [0.05, 0.1) is 25.5 Å². The number of nitrogens with zero attached hydrogens (tertiary/aromatic N) is 8. The third kappa shape index (κ3) is 4.25. The summed E-state index contributed by atoms with van der Waals surface area (Å²) in [5, 5.41) is 16.6. The van der Waals surface area contributed by atoms with Crippen LogP contribution in [0.3, 0.4) is 0 Å². The van der Waals surface area contributed by atoms with Crippen molar-refractivity contribution in [3.63, 3.8) is 0 Å². The summed E-state index contributed by atoms with van der Waals surface area (Å²) >= 11 is 0. The maximum Gasteiger partial charge on any atom is 0.282 e. The van der Waals surface area contributed by atoms with Gasteiger partial charge in [-0.2, -0.15) is 0 Å². The Morgan fingerprint density at radius 1 is 0.964 bits per heavy atom. The van der Waals surface area contributed by atoms with Gasteiger partial charge in [0.25, 0.3) is 5.92 Å². The zero-order chi connectivity index (χ0) is 19.9. The fraction of sp³-hybridized carbons (Fsp3) is 0.778. The van der Waals surface area contributed by atoms with Gasteiger partial charge in [-0.1, -0.05) is 31.2 Å². The lowest BCUT2D eigenvalue weighted by Crippen LogP contribution is -2.56. The van der Waals surface area contributed by atoms with Crippen LogP contribution in [0, 0.1) is 17.8 Å². The van der Waals surface area contributed by atoms with Crippen molar-refractivity contribution in [1.29, 1.82) is 0 Å². The minimum atomic E-state index is -2.59. The Kier molecular flexibility index (Phi) is 4.96. The molecule has 0 saturated carbocycles. The third-order valence-electron chi connectivity index (χ3n) is 5.29. The smallest absolute Gasteiger partial charge is 0.282 e. The SMILES string of the molecule is CC(C)Cn1cc(N2CC(CC(C)Cn3cc(N4CC(F)(F)C4)nn3)C2)nn1. The largest absolute Gasteiger partial charge is 0.353 e. The molecule has 2 aliphatic rings. The molecule has 8 nitrogen and oxygen atoms in total. The zero-order valence-electron chi connectivity index (χ0n) is 16.7. The molecule has 1 atom stereocenters. The van der Waals surface area contributed by atoms with E-state index in [1.807, 2.05) is 10.9 Å². The fourth-order valence-corrected chi connectivity index (χ4v) is 3.96. The molecule has 0 spiro atoms. The first-order valence-corrected chi connectivity index (χ1v) is 9.95. The lowest BCUT2D eigenvalue weighted by Gasteiger charge is -2.40. The summed E-state index contributed by atoms with van der Waals surface area (Å²) < 4.78 is 29.6. The maximum atomic E-state index is 13.0. The van der Waals surface area contributed by atoms with Crippen LogP contribution in [0.5, 0.6) is 0 Å². The first-order valence-electron chi connectivity index (χ1n) is 9.95. The van der Waals surface area contributed by atoms with E-state index in [0.29, 0.717) is 23.6 Å². The summed E-state index contributed by atoms with van der Waals surface area (Å²) in [7, 11) is 0. The molecule has 4 heterocycles. The standard InChI is InChI=1S/C18H28F2N8/c1-13(2)5-27-9-16(21-23-27)25-7-15(8-25)4-14(3)6-28-10-17(22-24-28)26-11-18(19,20)12-26/h9-10,13-15H,4-8,11-12H2,1-3H3. The number of anilines is 2. The third-order valence-corrected chi connectivity index (χ3v) is 5.29. The van der Waals surface area contributed by atoms with Crippen molar-refractivity contribution in [2.24, 2.45) is 17.8 Å². The predicted octanol–water partition coefficient (Wildman–Crippen LogP) is 2.14. The van der Waals surface area contributed by atoms with Crippen LogP contribution in [0.25, 0.3) is 0 Å². The van der Waals surface area contributed by atoms with Crippen LogP contribution >= 0.6 is 0 Å². The van der Waals surface area contributed by atoms with Crippen molar-refractivity contribution >= 4 is 11.6 Å². The monoisotopic (exact) mass is 394 g/mol. The predicted molar refractivity (Wildman–Crippen MR) is 102 cm³/mol. The molecular weight excluding hydrogens is 366 g/mol. The van der Waals surface area contributed by atoms with Gasteiger partial charge in [-0.25, -0.2) is 8.78 Å². The Hall–Kier alpha value is -2.26. The van der Waals surface area contributed by atoms with Crippen molar-refractivity contribution in [3.8, 4) is 0 Å². The summed E-state index contributed by atoms with van der Waals surface area (Å²) in [6.07, 6.45) is 4.88. The molecule has 2 fully saturated rings. The highest BCUT2D eigenvalue weighted by Crippen LogP contribution is 2.31. The molecule has 0 bridgehead atoms. The summed E-state index contributed by atoms with van der Waals surface area (Å²) in [6, 6.07) is 0. The van der Waals surface area contributed by atoms with Gasteiger partial charge in [-0.05, 0) is 24.2 Å². The Bertz CT molecular complexity index is 787. The number of rotatable bonds is 8. The van der Waals surface area contributed by atoms with Gasteiger partial charge in [-0.15, -0.1) is 10.2 Å². The molecule has 2 saturated heterocycles. The number of aromatic nitrogens is 6. The lowest BCUT2D eigenvalue weighted by molar-refractivity contribution is -0.0267. The summed E-state index contributed by atoms with van der Waals surface area (Å²) in [5.74, 6) is 0.523. The number of hydrogen-bond donors (Lipinski definition) is 0. The van der Waals surface area contributed by atoms with Crippen molar-refractivity contribution in [2.75, 3.05) is 36.0 Å². The van der Waals surface area contributed by atoms with E-state index in [-0.39, 0.29) is 13.1 Å². The number of alkyl halides is 2. The summed E-state index contributed by atoms with van der Waals surface area (Å²) in [5.41, 5.74) is 0. The molecule has 0 aromatic carbocycles. The van der Waals surface area contributed by atoms with Gasteiger partial charge in [0.1, 0.15) is 0 Å². The lowest BCUT2D eigenvalue weighted by atomic mass is 9.89. The second kappa shape index (κ2) is 7.29. The minimum Gasteiger partial charge on any atom is -0.353 e. The average Bonchev–Trinajstić information content (AvgIpc) is 3.17. The van der Waals surface area contributed by atoms with Crippen molar-refractivity contribution < 1.29 is 8.78 Å².